The molecule has 1 fully saturated rings. The maximum atomic E-state index is 13.2. The Kier molecular flexibility index (Phi) is 10.0. The van der Waals surface area contributed by atoms with Crippen LogP contribution >= 0.6 is 0 Å². The average Bonchev–Trinajstić information content (AvgIpc) is 3.68. The first-order chi connectivity index (χ1) is 17.9. The fraction of sp³-hybridized carbons (Fsp3) is 0.310. The van der Waals surface area contributed by atoms with Crippen molar-refractivity contribution in [3.05, 3.63) is 89.9 Å². The summed E-state index contributed by atoms with van der Waals surface area (Å²) in [6.07, 6.45) is 6.85. The number of benzene rings is 2. The molecule has 0 aromatic heterocycles. The van der Waals surface area contributed by atoms with Gasteiger partial charge in [-0.2, -0.15) is 0 Å². The van der Waals surface area contributed by atoms with E-state index >= 15 is 0 Å². The first kappa shape index (κ1) is 27.7. The fourth-order valence-electron chi connectivity index (χ4n) is 4.41. The molecule has 0 aliphatic heterocycles. The standard InChI is InChI=1S/C29H33FN4O3/c1-4-16-34(27-18-24(27)20-12-14-23(30)15-13-20)17-6-7-25(29(36)37)33-28(35)22-10-8-21(9-11-22)26(19-31-3)32-5-2/h4-5,8-15,19,24-25,27H,1,3,6-7,16-18H2,2H3,(H,33,35)(H,36,37)/b26-19-,32-5?/t24-,25-,27+/m0/s1. The van der Waals surface area contributed by atoms with Crippen molar-refractivity contribution in [1.82, 2.24) is 10.2 Å². The third-order valence-corrected chi connectivity index (χ3v) is 6.35. The van der Waals surface area contributed by atoms with E-state index in [-0.39, 0.29) is 5.82 Å². The monoisotopic (exact) mass is 504 g/mol. The van der Waals surface area contributed by atoms with Crippen LogP contribution in [0, 0.1) is 5.82 Å². The lowest BCUT2D eigenvalue weighted by atomic mass is 10.1. The number of nitrogens with zero attached hydrogens (tertiary/aromatic N) is 3. The maximum absolute atomic E-state index is 13.2. The zero-order chi connectivity index (χ0) is 26.8. The molecular formula is C29H33FN4O3. The van der Waals surface area contributed by atoms with Gasteiger partial charge in [0, 0.05) is 35.8 Å². The zero-order valence-electron chi connectivity index (χ0n) is 21.0. The SMILES string of the molecule is C=CCN(CCC[C@H](NC(=O)c1ccc(/C(=C/N=C)N=CC)cc1)C(=O)O)[C@@H]1C[C@H]1c1ccc(F)cc1. The average molecular weight is 505 g/mol. The molecule has 2 aromatic carbocycles. The summed E-state index contributed by atoms with van der Waals surface area (Å²) in [5, 5.41) is 12.3. The Morgan fingerprint density at radius 1 is 1.19 bits per heavy atom. The first-order valence-corrected chi connectivity index (χ1v) is 12.3. The zero-order valence-corrected chi connectivity index (χ0v) is 21.0. The van der Waals surface area contributed by atoms with E-state index in [4.69, 9.17) is 0 Å². The van der Waals surface area contributed by atoms with Crippen molar-refractivity contribution in [2.75, 3.05) is 13.1 Å². The molecule has 0 bridgehead atoms. The van der Waals surface area contributed by atoms with E-state index in [9.17, 15) is 19.1 Å². The van der Waals surface area contributed by atoms with Crippen LogP contribution in [0.2, 0.25) is 0 Å². The van der Waals surface area contributed by atoms with Crippen molar-refractivity contribution in [1.29, 1.82) is 0 Å². The topological polar surface area (TPSA) is 94.4 Å². The van der Waals surface area contributed by atoms with E-state index in [1.54, 1.807) is 37.4 Å². The van der Waals surface area contributed by atoms with Crippen molar-refractivity contribution < 1.29 is 19.1 Å². The fourth-order valence-corrected chi connectivity index (χ4v) is 4.41. The number of hydrogen-bond donors (Lipinski definition) is 2. The van der Waals surface area contributed by atoms with Crippen LogP contribution in [-0.4, -0.2) is 60.0 Å². The minimum absolute atomic E-state index is 0.251. The van der Waals surface area contributed by atoms with Gasteiger partial charge in [-0.3, -0.25) is 19.7 Å². The molecule has 1 saturated carbocycles. The molecule has 194 valence electrons. The van der Waals surface area contributed by atoms with Crippen molar-refractivity contribution in [2.24, 2.45) is 9.98 Å². The third-order valence-electron chi connectivity index (χ3n) is 6.35. The van der Waals surface area contributed by atoms with Crippen LogP contribution in [0.3, 0.4) is 0 Å². The predicted molar refractivity (Wildman–Crippen MR) is 146 cm³/mol. The van der Waals surface area contributed by atoms with Crippen molar-refractivity contribution in [3.63, 3.8) is 0 Å². The minimum Gasteiger partial charge on any atom is -0.480 e. The van der Waals surface area contributed by atoms with Gasteiger partial charge in [-0.1, -0.05) is 30.3 Å². The summed E-state index contributed by atoms with van der Waals surface area (Å²) >= 11 is 0. The molecule has 0 saturated heterocycles. The molecule has 0 heterocycles. The molecule has 2 N–H and O–H groups in total. The van der Waals surface area contributed by atoms with Gasteiger partial charge in [0.25, 0.3) is 5.91 Å². The Hall–Kier alpha value is -3.91. The van der Waals surface area contributed by atoms with E-state index < -0.39 is 17.9 Å². The van der Waals surface area contributed by atoms with Crippen LogP contribution in [0.25, 0.3) is 5.70 Å². The summed E-state index contributed by atoms with van der Waals surface area (Å²) in [5.41, 5.74) is 2.83. The Morgan fingerprint density at radius 2 is 1.86 bits per heavy atom. The highest BCUT2D eigenvalue weighted by Crippen LogP contribution is 2.44. The number of carbonyl (C=O) groups excluding carboxylic acids is 1. The predicted octanol–water partition coefficient (Wildman–Crippen LogP) is 4.92. The molecule has 3 rings (SSSR count). The third kappa shape index (κ3) is 7.79. The quantitative estimate of drug-likeness (QED) is 0.282. The summed E-state index contributed by atoms with van der Waals surface area (Å²) in [7, 11) is 0. The van der Waals surface area contributed by atoms with Gasteiger partial charge in [0.2, 0.25) is 0 Å². The molecule has 3 atom stereocenters. The van der Waals surface area contributed by atoms with Crippen LogP contribution in [0.15, 0.2) is 77.4 Å². The number of aliphatic imine (C=N–C) groups is 2. The molecular weight excluding hydrogens is 471 g/mol. The Labute approximate surface area is 217 Å². The normalized spacial score (nSPS) is 18.0. The van der Waals surface area contributed by atoms with Gasteiger partial charge in [-0.25, -0.2) is 9.18 Å². The highest BCUT2D eigenvalue weighted by molar-refractivity contribution is 5.96. The molecule has 0 radical (unpaired) electrons. The van der Waals surface area contributed by atoms with Gasteiger partial charge in [0.05, 0.1) is 11.9 Å². The number of aliphatic carboxylic acids is 1. The number of amides is 1. The van der Waals surface area contributed by atoms with Crippen LogP contribution in [0.4, 0.5) is 4.39 Å². The molecule has 37 heavy (non-hydrogen) atoms. The van der Waals surface area contributed by atoms with E-state index in [1.807, 2.05) is 18.2 Å². The van der Waals surface area contributed by atoms with E-state index in [0.29, 0.717) is 49.2 Å². The lowest BCUT2D eigenvalue weighted by Gasteiger charge is -2.22. The molecule has 2 aromatic rings. The van der Waals surface area contributed by atoms with Crippen LogP contribution in [-0.2, 0) is 4.79 Å². The summed E-state index contributed by atoms with van der Waals surface area (Å²) in [5.74, 6) is -1.44. The van der Waals surface area contributed by atoms with Gasteiger partial charge in [-0.15, -0.1) is 6.58 Å². The van der Waals surface area contributed by atoms with Crippen LogP contribution in [0.1, 0.15) is 53.6 Å². The van der Waals surface area contributed by atoms with Crippen molar-refractivity contribution >= 4 is 30.5 Å². The Bertz CT molecular complexity index is 1160. The first-order valence-electron chi connectivity index (χ1n) is 12.3. The molecule has 1 amide bonds. The molecule has 8 heteroatoms. The molecule has 0 spiro atoms. The van der Waals surface area contributed by atoms with Gasteiger partial charge in [-0.05, 0) is 69.3 Å². The smallest absolute Gasteiger partial charge is 0.326 e. The van der Waals surface area contributed by atoms with Crippen LogP contribution in [0.5, 0.6) is 0 Å². The molecule has 0 unspecified atom stereocenters. The van der Waals surface area contributed by atoms with Gasteiger partial charge < -0.3 is 10.4 Å². The summed E-state index contributed by atoms with van der Waals surface area (Å²) in [4.78, 5) is 34.8. The number of carboxylic acids is 1. The summed E-state index contributed by atoms with van der Waals surface area (Å²) in [6.45, 7) is 10.4. The van der Waals surface area contributed by atoms with Crippen molar-refractivity contribution in [2.45, 2.75) is 44.2 Å². The lowest BCUT2D eigenvalue weighted by Crippen LogP contribution is -2.41. The number of carboxylic acid groups (broad SMARTS) is 1. The molecule has 1 aliphatic carbocycles. The largest absolute Gasteiger partial charge is 0.480 e. The highest BCUT2D eigenvalue weighted by Gasteiger charge is 2.42. The highest BCUT2D eigenvalue weighted by atomic mass is 19.1. The van der Waals surface area contributed by atoms with Gasteiger partial charge in [0.1, 0.15) is 11.9 Å². The van der Waals surface area contributed by atoms with E-state index in [1.165, 1.54) is 18.3 Å². The number of nitrogens with one attached hydrogen (secondary N) is 1. The lowest BCUT2D eigenvalue weighted by molar-refractivity contribution is -0.139. The van der Waals surface area contributed by atoms with Crippen molar-refractivity contribution in [3.8, 4) is 0 Å². The maximum Gasteiger partial charge on any atom is 0.326 e. The number of rotatable bonds is 14. The second kappa shape index (κ2) is 13.4. The Morgan fingerprint density at radius 3 is 2.46 bits per heavy atom. The number of carbonyl (C=O) groups is 2. The summed E-state index contributed by atoms with van der Waals surface area (Å²) in [6, 6.07) is 12.6. The number of hydrogen-bond acceptors (Lipinski definition) is 5. The van der Waals surface area contributed by atoms with E-state index in [2.05, 4.69) is 33.5 Å². The van der Waals surface area contributed by atoms with Gasteiger partial charge in [0.15, 0.2) is 0 Å². The molecule has 7 nitrogen and oxygen atoms in total. The van der Waals surface area contributed by atoms with E-state index in [0.717, 1.165) is 17.5 Å². The molecule has 1 aliphatic rings. The summed E-state index contributed by atoms with van der Waals surface area (Å²) < 4.78 is 13.2. The number of halogens is 1. The second-order valence-electron chi connectivity index (χ2n) is 8.91. The second-order valence-corrected chi connectivity index (χ2v) is 8.91. The van der Waals surface area contributed by atoms with Crippen LogP contribution < -0.4 is 5.32 Å². The van der Waals surface area contributed by atoms with Gasteiger partial charge >= 0.3 is 5.97 Å². The minimum atomic E-state index is -1.07. The Balaban J connectivity index is 1.56.